The predicted octanol–water partition coefficient (Wildman–Crippen LogP) is 2.92. The maximum Gasteiger partial charge on any atom is 0.328 e. The predicted molar refractivity (Wildman–Crippen MR) is 83.5 cm³/mol. The molecule has 0 aliphatic rings. The van der Waals surface area contributed by atoms with Gasteiger partial charge in [0, 0.05) is 5.56 Å². The fraction of sp³-hybridized carbons (Fsp3) is 0.467. The van der Waals surface area contributed by atoms with E-state index in [1.54, 1.807) is 53.0 Å². The molecular weight excluding hydrogens is 338 g/mol. The first-order chi connectivity index (χ1) is 9.64. The van der Waals surface area contributed by atoms with E-state index in [0.29, 0.717) is 15.8 Å². The number of ether oxygens (including phenoxy) is 2. The summed E-state index contributed by atoms with van der Waals surface area (Å²) in [5, 5.41) is 2.61. The molecule has 0 unspecified atom stereocenters. The molecule has 6 heteroatoms. The van der Waals surface area contributed by atoms with Crippen molar-refractivity contribution < 1.29 is 19.1 Å². The highest BCUT2D eigenvalue weighted by Crippen LogP contribution is 2.25. The highest BCUT2D eigenvalue weighted by Gasteiger charge is 2.23. The molecule has 0 saturated heterocycles. The van der Waals surface area contributed by atoms with Gasteiger partial charge in [-0.15, -0.1) is 0 Å². The van der Waals surface area contributed by atoms with Gasteiger partial charge in [-0.1, -0.05) is 0 Å². The third-order valence-electron chi connectivity index (χ3n) is 2.52. The average Bonchev–Trinajstić information content (AvgIpc) is 2.36. The van der Waals surface area contributed by atoms with E-state index in [1.165, 1.54) is 0 Å². The van der Waals surface area contributed by atoms with E-state index in [0.717, 1.165) is 0 Å². The molecule has 0 aromatic heterocycles. The quantitative estimate of drug-likeness (QED) is 0.841. The Bertz CT molecular complexity index is 537. The number of rotatable bonds is 4. The molecular formula is C15H20BrNO4. The van der Waals surface area contributed by atoms with Gasteiger partial charge in [0.15, 0.2) is 0 Å². The molecule has 0 bridgehead atoms. The lowest BCUT2D eigenvalue weighted by Gasteiger charge is -2.22. The second-order valence-electron chi connectivity index (χ2n) is 5.58. The van der Waals surface area contributed by atoms with Crippen LogP contribution in [0.2, 0.25) is 0 Å². The molecule has 0 spiro atoms. The summed E-state index contributed by atoms with van der Waals surface area (Å²) < 4.78 is 11.0. The molecule has 116 valence electrons. The van der Waals surface area contributed by atoms with Crippen LogP contribution in [0.3, 0.4) is 0 Å². The zero-order chi connectivity index (χ0) is 16.2. The first-order valence-electron chi connectivity index (χ1n) is 6.51. The van der Waals surface area contributed by atoms with Crippen molar-refractivity contribution in [2.75, 3.05) is 7.11 Å². The summed E-state index contributed by atoms with van der Waals surface area (Å²) in [6.45, 7) is 6.92. The van der Waals surface area contributed by atoms with Gasteiger partial charge < -0.3 is 14.8 Å². The van der Waals surface area contributed by atoms with Crippen LogP contribution in [0.1, 0.15) is 38.1 Å². The van der Waals surface area contributed by atoms with Crippen LogP contribution in [0.5, 0.6) is 5.75 Å². The van der Waals surface area contributed by atoms with Crippen LogP contribution in [0.15, 0.2) is 22.7 Å². The van der Waals surface area contributed by atoms with Crippen molar-refractivity contribution in [3.63, 3.8) is 0 Å². The number of carbonyl (C=O) groups is 2. The van der Waals surface area contributed by atoms with Gasteiger partial charge in [-0.2, -0.15) is 0 Å². The van der Waals surface area contributed by atoms with E-state index in [1.807, 2.05) is 0 Å². The molecule has 5 nitrogen and oxygen atoms in total. The van der Waals surface area contributed by atoms with Gasteiger partial charge in [-0.25, -0.2) is 4.79 Å². The van der Waals surface area contributed by atoms with E-state index >= 15 is 0 Å². The minimum atomic E-state index is -0.724. The Labute approximate surface area is 133 Å². The van der Waals surface area contributed by atoms with Crippen molar-refractivity contribution in [2.45, 2.75) is 39.3 Å². The normalized spacial score (nSPS) is 12.5. The Morgan fingerprint density at radius 3 is 2.38 bits per heavy atom. The number of halogens is 1. The number of hydrogen-bond donors (Lipinski definition) is 1. The maximum absolute atomic E-state index is 12.1. The summed E-state index contributed by atoms with van der Waals surface area (Å²) in [7, 11) is 1.55. The van der Waals surface area contributed by atoms with Crippen molar-refractivity contribution in [3.05, 3.63) is 28.2 Å². The smallest absolute Gasteiger partial charge is 0.328 e. The topological polar surface area (TPSA) is 64.6 Å². The van der Waals surface area contributed by atoms with Crippen molar-refractivity contribution in [2.24, 2.45) is 0 Å². The van der Waals surface area contributed by atoms with Crippen molar-refractivity contribution >= 4 is 27.8 Å². The number of hydrogen-bond acceptors (Lipinski definition) is 4. The lowest BCUT2D eigenvalue weighted by molar-refractivity contribution is -0.156. The Morgan fingerprint density at radius 1 is 1.29 bits per heavy atom. The van der Waals surface area contributed by atoms with Crippen molar-refractivity contribution in [1.29, 1.82) is 0 Å². The second kappa shape index (κ2) is 6.93. The molecule has 21 heavy (non-hydrogen) atoms. The second-order valence-corrected chi connectivity index (χ2v) is 6.43. The summed E-state index contributed by atoms with van der Waals surface area (Å²) in [6.07, 6.45) is 0. The summed E-state index contributed by atoms with van der Waals surface area (Å²) >= 11 is 3.31. The van der Waals surface area contributed by atoms with Gasteiger partial charge in [0.1, 0.15) is 17.4 Å². The molecule has 1 N–H and O–H groups in total. The summed E-state index contributed by atoms with van der Waals surface area (Å²) in [6, 6.07) is 4.21. The fourth-order valence-corrected chi connectivity index (χ4v) is 2.08. The minimum Gasteiger partial charge on any atom is -0.496 e. The van der Waals surface area contributed by atoms with E-state index < -0.39 is 17.6 Å². The summed E-state index contributed by atoms with van der Waals surface area (Å²) in [4.78, 5) is 23.9. The van der Waals surface area contributed by atoms with E-state index in [4.69, 9.17) is 9.47 Å². The lowest BCUT2D eigenvalue weighted by Crippen LogP contribution is -2.42. The Hall–Kier alpha value is -1.56. The SMILES string of the molecule is COc1ccc(C(=O)N[C@H](C)C(=O)OC(C)(C)C)cc1Br. The van der Waals surface area contributed by atoms with Gasteiger partial charge in [0.2, 0.25) is 0 Å². The van der Waals surface area contributed by atoms with Crippen LogP contribution in [-0.4, -0.2) is 30.6 Å². The molecule has 1 atom stereocenters. The van der Waals surface area contributed by atoms with Crippen molar-refractivity contribution in [3.8, 4) is 5.75 Å². The first-order valence-corrected chi connectivity index (χ1v) is 7.30. The third-order valence-corrected chi connectivity index (χ3v) is 3.14. The first kappa shape index (κ1) is 17.5. The van der Waals surface area contributed by atoms with Crippen LogP contribution >= 0.6 is 15.9 Å². The molecule has 0 fully saturated rings. The number of nitrogens with one attached hydrogen (secondary N) is 1. The van der Waals surface area contributed by atoms with Crippen LogP contribution < -0.4 is 10.1 Å². The van der Waals surface area contributed by atoms with Gasteiger partial charge in [0.05, 0.1) is 11.6 Å². The van der Waals surface area contributed by atoms with Gasteiger partial charge >= 0.3 is 5.97 Å². The Kier molecular flexibility index (Phi) is 5.78. The summed E-state index contributed by atoms with van der Waals surface area (Å²) in [5.41, 5.74) is -0.155. The summed E-state index contributed by atoms with van der Waals surface area (Å²) in [5.74, 6) is -0.188. The Morgan fingerprint density at radius 2 is 1.90 bits per heavy atom. The molecule has 0 heterocycles. The molecule has 1 amide bonds. The monoisotopic (exact) mass is 357 g/mol. The van der Waals surface area contributed by atoms with Crippen LogP contribution in [0.4, 0.5) is 0 Å². The van der Waals surface area contributed by atoms with E-state index in [-0.39, 0.29) is 5.91 Å². The van der Waals surface area contributed by atoms with Gasteiger partial charge in [0.25, 0.3) is 5.91 Å². The number of esters is 1. The number of amides is 1. The highest BCUT2D eigenvalue weighted by atomic mass is 79.9. The zero-order valence-corrected chi connectivity index (χ0v) is 14.4. The molecule has 1 rings (SSSR count). The van der Waals surface area contributed by atoms with Crippen LogP contribution in [0, 0.1) is 0 Å². The van der Waals surface area contributed by atoms with Gasteiger partial charge in [-0.3, -0.25) is 4.79 Å². The zero-order valence-electron chi connectivity index (χ0n) is 12.8. The molecule has 1 aromatic carbocycles. The highest BCUT2D eigenvalue weighted by molar-refractivity contribution is 9.10. The Balaban J connectivity index is 2.72. The maximum atomic E-state index is 12.1. The van der Waals surface area contributed by atoms with Gasteiger partial charge in [-0.05, 0) is 61.8 Å². The molecule has 0 aliphatic carbocycles. The minimum absolute atomic E-state index is 0.350. The number of methoxy groups -OCH3 is 1. The van der Waals surface area contributed by atoms with Crippen molar-refractivity contribution in [1.82, 2.24) is 5.32 Å². The third kappa shape index (κ3) is 5.38. The fourth-order valence-electron chi connectivity index (χ4n) is 1.54. The number of carbonyl (C=O) groups excluding carboxylic acids is 2. The molecule has 0 aliphatic heterocycles. The lowest BCUT2D eigenvalue weighted by atomic mass is 10.1. The molecule has 1 aromatic rings. The van der Waals surface area contributed by atoms with E-state index in [2.05, 4.69) is 21.2 Å². The largest absolute Gasteiger partial charge is 0.496 e. The van der Waals surface area contributed by atoms with Crippen LogP contribution in [0.25, 0.3) is 0 Å². The molecule has 0 saturated carbocycles. The van der Waals surface area contributed by atoms with Crippen LogP contribution in [-0.2, 0) is 9.53 Å². The number of benzene rings is 1. The average molecular weight is 358 g/mol. The standard InChI is InChI=1S/C15H20BrNO4/c1-9(14(19)21-15(2,3)4)17-13(18)10-6-7-12(20-5)11(16)8-10/h6-9H,1-5H3,(H,17,18)/t9-/m1/s1. The molecule has 0 radical (unpaired) electrons. The van der Waals surface area contributed by atoms with E-state index in [9.17, 15) is 9.59 Å².